The van der Waals surface area contributed by atoms with Crippen LogP contribution in [0.1, 0.15) is 0 Å². The SMILES string of the molecule is c1ccc(-c2cccc3c2oc2c(N(c4ccc(-c5ccc6ccccc6c5)cc4)c4ccc(-c5cccc6ccccc56)cc4)cccc23)cc1. The molecule has 0 bridgehead atoms. The maximum Gasteiger partial charge on any atom is 0.159 e. The average Bonchev–Trinajstić information content (AvgIpc) is 3.61. The lowest BCUT2D eigenvalue weighted by atomic mass is 9.98. The van der Waals surface area contributed by atoms with Gasteiger partial charge < -0.3 is 9.32 Å². The summed E-state index contributed by atoms with van der Waals surface area (Å²) in [6.07, 6.45) is 0. The van der Waals surface area contributed by atoms with Crippen molar-refractivity contribution in [1.82, 2.24) is 0 Å². The molecule has 52 heavy (non-hydrogen) atoms. The predicted octanol–water partition coefficient (Wildman–Crippen LogP) is 14.4. The Balaban J connectivity index is 1.13. The number of hydrogen-bond donors (Lipinski definition) is 0. The molecule has 0 radical (unpaired) electrons. The zero-order chi connectivity index (χ0) is 34.4. The van der Waals surface area contributed by atoms with Gasteiger partial charge in [0, 0.05) is 27.7 Å². The van der Waals surface area contributed by atoms with Gasteiger partial charge in [-0.1, -0.05) is 164 Å². The third kappa shape index (κ3) is 5.12. The highest BCUT2D eigenvalue weighted by molar-refractivity contribution is 6.13. The van der Waals surface area contributed by atoms with Crippen LogP contribution in [-0.2, 0) is 0 Å². The topological polar surface area (TPSA) is 16.4 Å². The van der Waals surface area contributed by atoms with Gasteiger partial charge in [-0.25, -0.2) is 0 Å². The molecule has 0 aliphatic rings. The molecule has 0 aliphatic carbocycles. The van der Waals surface area contributed by atoms with Gasteiger partial charge in [-0.3, -0.25) is 0 Å². The van der Waals surface area contributed by atoms with E-state index < -0.39 is 0 Å². The molecule has 1 aromatic heterocycles. The first kappa shape index (κ1) is 30.0. The van der Waals surface area contributed by atoms with Gasteiger partial charge in [0.05, 0.1) is 5.69 Å². The molecule has 244 valence electrons. The van der Waals surface area contributed by atoms with Gasteiger partial charge in [-0.2, -0.15) is 0 Å². The number of para-hydroxylation sites is 2. The molecule has 0 N–H and O–H groups in total. The first-order chi connectivity index (χ1) is 25.8. The summed E-state index contributed by atoms with van der Waals surface area (Å²) in [4.78, 5) is 2.32. The zero-order valence-corrected chi connectivity index (χ0v) is 28.4. The second kappa shape index (κ2) is 12.5. The quantitative estimate of drug-likeness (QED) is 0.176. The number of benzene rings is 9. The van der Waals surface area contributed by atoms with Crippen LogP contribution in [0.5, 0.6) is 0 Å². The molecule has 0 saturated carbocycles. The second-order valence-electron chi connectivity index (χ2n) is 13.3. The Morgan fingerprint density at radius 1 is 0.308 bits per heavy atom. The van der Waals surface area contributed by atoms with Crippen LogP contribution in [0.3, 0.4) is 0 Å². The molecule has 0 aliphatic heterocycles. The van der Waals surface area contributed by atoms with Crippen molar-refractivity contribution in [3.05, 3.63) is 200 Å². The van der Waals surface area contributed by atoms with E-state index in [0.29, 0.717) is 0 Å². The molecule has 2 heteroatoms. The Bertz CT molecular complexity index is 2880. The summed E-state index contributed by atoms with van der Waals surface area (Å²) in [5.74, 6) is 0. The van der Waals surface area contributed by atoms with Gasteiger partial charge in [-0.05, 0) is 85.8 Å². The Morgan fingerprint density at radius 2 is 0.846 bits per heavy atom. The smallest absolute Gasteiger partial charge is 0.159 e. The third-order valence-electron chi connectivity index (χ3n) is 10.3. The van der Waals surface area contributed by atoms with E-state index in [1.54, 1.807) is 0 Å². The largest absolute Gasteiger partial charge is 0.453 e. The Labute approximate surface area is 302 Å². The summed E-state index contributed by atoms with van der Waals surface area (Å²) in [5, 5.41) is 7.18. The van der Waals surface area contributed by atoms with Crippen LogP contribution in [0, 0.1) is 0 Å². The molecule has 9 aromatic carbocycles. The molecular weight excluding hydrogens is 631 g/mol. The van der Waals surface area contributed by atoms with E-state index in [9.17, 15) is 0 Å². The Hall–Kier alpha value is -6.90. The molecule has 10 rings (SSSR count). The predicted molar refractivity (Wildman–Crippen MR) is 220 cm³/mol. The number of rotatable bonds is 6. The molecule has 10 aromatic rings. The summed E-state index contributed by atoms with van der Waals surface area (Å²) in [6, 6.07) is 71.5. The van der Waals surface area contributed by atoms with Gasteiger partial charge in [0.2, 0.25) is 0 Å². The van der Waals surface area contributed by atoms with Gasteiger partial charge in [-0.15, -0.1) is 0 Å². The van der Waals surface area contributed by atoms with Crippen LogP contribution in [-0.4, -0.2) is 0 Å². The molecule has 0 fully saturated rings. The van der Waals surface area contributed by atoms with Gasteiger partial charge >= 0.3 is 0 Å². The van der Waals surface area contributed by atoms with Crippen molar-refractivity contribution < 1.29 is 4.42 Å². The Morgan fingerprint density at radius 3 is 1.63 bits per heavy atom. The number of hydrogen-bond acceptors (Lipinski definition) is 2. The van der Waals surface area contributed by atoms with Crippen molar-refractivity contribution in [3.8, 4) is 33.4 Å². The van der Waals surface area contributed by atoms with Gasteiger partial charge in [0.15, 0.2) is 5.58 Å². The molecular formula is C50H33NO. The highest BCUT2D eigenvalue weighted by Gasteiger charge is 2.21. The molecule has 1 heterocycles. The van der Waals surface area contributed by atoms with Crippen molar-refractivity contribution in [2.24, 2.45) is 0 Å². The third-order valence-corrected chi connectivity index (χ3v) is 10.3. The van der Waals surface area contributed by atoms with Crippen LogP contribution in [0.4, 0.5) is 17.1 Å². The monoisotopic (exact) mass is 663 g/mol. The molecule has 0 saturated heterocycles. The standard InChI is InChI=1S/C50H33NO/c1-2-12-37(13-3-1)45-19-9-20-46-47-21-10-22-48(50(47)52-49(45)46)51(41-29-25-35(26-30-41)40-24-23-34-11-4-5-15-39(34)33-40)42-31-27-38(28-32-42)44-18-8-16-36-14-6-7-17-43(36)44/h1-33H. The first-order valence-electron chi connectivity index (χ1n) is 17.8. The van der Waals surface area contributed by atoms with Crippen LogP contribution in [0.15, 0.2) is 205 Å². The molecule has 0 spiro atoms. The summed E-state index contributed by atoms with van der Waals surface area (Å²) in [7, 11) is 0. The average molecular weight is 664 g/mol. The second-order valence-corrected chi connectivity index (χ2v) is 13.3. The minimum absolute atomic E-state index is 0.859. The fourth-order valence-corrected chi connectivity index (χ4v) is 7.69. The van der Waals surface area contributed by atoms with Crippen LogP contribution < -0.4 is 4.90 Å². The summed E-state index contributed by atoms with van der Waals surface area (Å²) in [5.41, 5.74) is 11.9. The molecule has 2 nitrogen and oxygen atoms in total. The number of furan rings is 1. The fraction of sp³-hybridized carbons (Fsp3) is 0. The van der Waals surface area contributed by atoms with Gasteiger partial charge in [0.1, 0.15) is 5.58 Å². The highest BCUT2D eigenvalue weighted by Crippen LogP contribution is 2.45. The normalized spacial score (nSPS) is 11.5. The molecule has 0 unspecified atom stereocenters. The number of fused-ring (bicyclic) bond motifs is 5. The van der Waals surface area contributed by atoms with E-state index in [1.807, 2.05) is 0 Å². The van der Waals surface area contributed by atoms with Gasteiger partial charge in [0.25, 0.3) is 0 Å². The van der Waals surface area contributed by atoms with E-state index in [4.69, 9.17) is 4.42 Å². The lowest BCUT2D eigenvalue weighted by molar-refractivity contribution is 0.670. The highest BCUT2D eigenvalue weighted by atomic mass is 16.3. The number of anilines is 3. The molecule has 0 atom stereocenters. The fourth-order valence-electron chi connectivity index (χ4n) is 7.69. The maximum atomic E-state index is 6.93. The van der Waals surface area contributed by atoms with Crippen molar-refractivity contribution in [2.45, 2.75) is 0 Å². The van der Waals surface area contributed by atoms with Crippen LogP contribution >= 0.6 is 0 Å². The zero-order valence-electron chi connectivity index (χ0n) is 28.4. The van der Waals surface area contributed by atoms with Crippen molar-refractivity contribution >= 4 is 60.5 Å². The van der Waals surface area contributed by atoms with E-state index in [1.165, 1.54) is 43.8 Å². The summed E-state index contributed by atoms with van der Waals surface area (Å²) in [6.45, 7) is 0. The minimum atomic E-state index is 0.859. The Kier molecular flexibility index (Phi) is 7.18. The lowest BCUT2D eigenvalue weighted by Gasteiger charge is -2.26. The van der Waals surface area contributed by atoms with Crippen molar-refractivity contribution in [3.63, 3.8) is 0 Å². The van der Waals surface area contributed by atoms with E-state index in [-0.39, 0.29) is 0 Å². The number of nitrogens with zero attached hydrogens (tertiary/aromatic N) is 1. The minimum Gasteiger partial charge on any atom is -0.453 e. The summed E-state index contributed by atoms with van der Waals surface area (Å²) >= 11 is 0. The first-order valence-corrected chi connectivity index (χ1v) is 17.8. The van der Waals surface area contributed by atoms with Crippen molar-refractivity contribution in [1.29, 1.82) is 0 Å². The van der Waals surface area contributed by atoms with Crippen LogP contribution in [0.2, 0.25) is 0 Å². The maximum absolute atomic E-state index is 6.93. The van der Waals surface area contributed by atoms with Crippen LogP contribution in [0.25, 0.3) is 76.9 Å². The van der Waals surface area contributed by atoms with Crippen molar-refractivity contribution in [2.75, 3.05) is 4.90 Å². The molecule has 0 amide bonds. The van der Waals surface area contributed by atoms with E-state index in [2.05, 4.69) is 205 Å². The van der Waals surface area contributed by atoms with E-state index in [0.717, 1.165) is 50.1 Å². The summed E-state index contributed by atoms with van der Waals surface area (Å²) < 4.78 is 6.93. The van der Waals surface area contributed by atoms with E-state index >= 15 is 0 Å². The lowest BCUT2D eigenvalue weighted by Crippen LogP contribution is -2.10.